The Bertz CT molecular complexity index is 764. The topological polar surface area (TPSA) is 69.6 Å². The van der Waals surface area contributed by atoms with Gasteiger partial charge < -0.3 is 15.3 Å². The summed E-state index contributed by atoms with van der Waals surface area (Å²) in [6.07, 6.45) is 5.96. The van der Waals surface area contributed by atoms with E-state index in [9.17, 15) is 14.7 Å². The van der Waals surface area contributed by atoms with Gasteiger partial charge in [0.25, 0.3) is 0 Å². The van der Waals surface area contributed by atoms with Crippen LogP contribution in [0, 0.1) is 0 Å². The van der Waals surface area contributed by atoms with Crippen LogP contribution in [0.3, 0.4) is 0 Å². The van der Waals surface area contributed by atoms with Crippen molar-refractivity contribution < 1.29 is 14.7 Å². The average Bonchev–Trinajstić information content (AvgIpc) is 3.43. The highest BCUT2D eigenvalue weighted by Gasteiger charge is 2.41. The number of rotatable bonds is 6. The van der Waals surface area contributed by atoms with Gasteiger partial charge in [-0.1, -0.05) is 35.9 Å². The van der Waals surface area contributed by atoms with Gasteiger partial charge in [-0.2, -0.15) is 0 Å². The molecule has 1 aliphatic carbocycles. The molecule has 1 aromatic carbocycles. The van der Waals surface area contributed by atoms with E-state index in [1.807, 2.05) is 6.07 Å². The monoisotopic (exact) mass is 386 g/mol. The Labute approximate surface area is 164 Å². The van der Waals surface area contributed by atoms with Crippen LogP contribution in [-0.2, 0) is 16.0 Å². The number of allylic oxidation sites excluding steroid dienone is 1. The molecule has 3 aliphatic rings. The Balaban J connectivity index is 1.35. The number of nitrogens with zero attached hydrogens (tertiary/aromatic N) is 1. The van der Waals surface area contributed by atoms with Crippen molar-refractivity contribution in [2.45, 2.75) is 49.4 Å². The molecule has 1 amide bonds. The summed E-state index contributed by atoms with van der Waals surface area (Å²) in [5.41, 5.74) is 3.88. The lowest BCUT2D eigenvalue weighted by atomic mass is 10.0. The highest BCUT2D eigenvalue weighted by molar-refractivity contribution is 8.00. The molecule has 2 heterocycles. The molecule has 27 heavy (non-hydrogen) atoms. The van der Waals surface area contributed by atoms with Crippen LogP contribution >= 0.6 is 11.8 Å². The van der Waals surface area contributed by atoms with Gasteiger partial charge in [0.15, 0.2) is 5.78 Å². The van der Waals surface area contributed by atoms with E-state index < -0.39 is 0 Å². The van der Waals surface area contributed by atoms with Gasteiger partial charge in [-0.25, -0.2) is 0 Å². The molecule has 5 nitrogen and oxygen atoms in total. The minimum Gasteiger partial charge on any atom is -0.395 e. The highest BCUT2D eigenvalue weighted by atomic mass is 32.2. The van der Waals surface area contributed by atoms with Crippen LogP contribution in [-0.4, -0.2) is 58.1 Å². The second kappa shape index (κ2) is 8.17. The molecule has 2 saturated heterocycles. The fourth-order valence-electron chi connectivity index (χ4n) is 4.38. The minimum absolute atomic E-state index is 0.0429. The van der Waals surface area contributed by atoms with Crippen LogP contribution in [0.15, 0.2) is 29.8 Å². The number of thioether (sulfide) groups is 1. The number of aliphatic hydroxyl groups is 1. The van der Waals surface area contributed by atoms with E-state index in [0.717, 1.165) is 25.7 Å². The number of aliphatic hydroxyl groups excluding tert-OH is 1. The summed E-state index contributed by atoms with van der Waals surface area (Å²) in [5, 5.41) is 12.4. The SMILES string of the molecule is O=C(C1SCN[C@@H]1CO)[C@@H]1CCCN1C(=O)CCC1=Cc2ccccc2C1. The lowest BCUT2D eigenvalue weighted by molar-refractivity contribution is -0.137. The van der Waals surface area contributed by atoms with Crippen molar-refractivity contribution in [3.05, 3.63) is 41.0 Å². The zero-order valence-corrected chi connectivity index (χ0v) is 16.2. The number of benzene rings is 1. The Morgan fingerprint density at radius 1 is 1.30 bits per heavy atom. The fraction of sp³-hybridized carbons (Fsp3) is 0.524. The van der Waals surface area contributed by atoms with E-state index in [2.05, 4.69) is 29.6 Å². The molecule has 2 fully saturated rings. The van der Waals surface area contributed by atoms with Crippen molar-refractivity contribution in [1.29, 1.82) is 0 Å². The maximum absolute atomic E-state index is 13.0. The molecule has 2 N–H and O–H groups in total. The van der Waals surface area contributed by atoms with Crippen molar-refractivity contribution >= 4 is 29.5 Å². The Morgan fingerprint density at radius 3 is 2.96 bits per heavy atom. The van der Waals surface area contributed by atoms with Crippen LogP contribution in [0.4, 0.5) is 0 Å². The molecule has 0 bridgehead atoms. The lowest BCUT2D eigenvalue weighted by Gasteiger charge is -2.27. The number of fused-ring (bicyclic) bond motifs is 1. The lowest BCUT2D eigenvalue weighted by Crippen LogP contribution is -2.48. The van der Waals surface area contributed by atoms with Crippen LogP contribution in [0.25, 0.3) is 6.08 Å². The number of likely N-dealkylation sites (tertiary alicyclic amines) is 1. The van der Waals surface area contributed by atoms with Gasteiger partial charge in [-0.15, -0.1) is 11.8 Å². The first-order valence-corrected chi connectivity index (χ1v) is 10.8. The van der Waals surface area contributed by atoms with Crippen LogP contribution in [0.1, 0.15) is 36.8 Å². The van der Waals surface area contributed by atoms with Crippen molar-refractivity contribution in [2.24, 2.45) is 0 Å². The van der Waals surface area contributed by atoms with Crippen molar-refractivity contribution in [3.8, 4) is 0 Å². The number of ketones is 1. The van der Waals surface area contributed by atoms with Crippen LogP contribution < -0.4 is 5.32 Å². The minimum atomic E-state index is -0.321. The molecular weight excluding hydrogens is 360 g/mol. The summed E-state index contributed by atoms with van der Waals surface area (Å²) < 4.78 is 0. The molecule has 0 spiro atoms. The molecule has 1 aromatic rings. The van der Waals surface area contributed by atoms with Gasteiger partial charge in [0.2, 0.25) is 5.91 Å². The maximum atomic E-state index is 13.0. The summed E-state index contributed by atoms with van der Waals surface area (Å²) >= 11 is 1.54. The number of carbonyl (C=O) groups excluding carboxylic acids is 2. The number of amides is 1. The van der Waals surface area contributed by atoms with E-state index in [1.165, 1.54) is 16.7 Å². The summed E-state index contributed by atoms with van der Waals surface area (Å²) in [6, 6.07) is 7.84. The summed E-state index contributed by atoms with van der Waals surface area (Å²) in [7, 11) is 0. The normalized spacial score (nSPS) is 26.9. The largest absolute Gasteiger partial charge is 0.395 e. The average molecular weight is 387 g/mol. The van der Waals surface area contributed by atoms with Crippen LogP contribution in [0.2, 0.25) is 0 Å². The Hall–Kier alpha value is -1.63. The Kier molecular flexibility index (Phi) is 5.66. The molecule has 3 atom stereocenters. The van der Waals surface area contributed by atoms with Gasteiger partial charge in [-0.05, 0) is 36.8 Å². The van der Waals surface area contributed by atoms with Gasteiger partial charge in [0, 0.05) is 24.9 Å². The summed E-state index contributed by atoms with van der Waals surface area (Å²) in [4.78, 5) is 27.6. The Morgan fingerprint density at radius 2 is 2.15 bits per heavy atom. The van der Waals surface area contributed by atoms with E-state index in [0.29, 0.717) is 18.8 Å². The number of hydrogen-bond donors (Lipinski definition) is 2. The number of nitrogens with one attached hydrogen (secondary N) is 1. The quantitative estimate of drug-likeness (QED) is 0.783. The van der Waals surface area contributed by atoms with Gasteiger partial charge in [0.1, 0.15) is 0 Å². The number of carbonyl (C=O) groups is 2. The second-order valence-electron chi connectivity index (χ2n) is 7.55. The molecule has 0 radical (unpaired) electrons. The molecule has 0 aromatic heterocycles. The predicted molar refractivity (Wildman–Crippen MR) is 107 cm³/mol. The first-order valence-electron chi connectivity index (χ1n) is 9.74. The standard InChI is InChI=1S/C21H26N2O3S/c24-12-17-21(27-13-22-17)20(26)18-6-3-9-23(18)19(25)8-7-14-10-15-4-1-2-5-16(15)11-14/h1-2,4-5,10,17-18,21-22,24H,3,6-9,11-13H2/t17-,18+,21?/m1/s1. The zero-order chi connectivity index (χ0) is 18.8. The number of hydrogen-bond acceptors (Lipinski definition) is 5. The number of Topliss-reactive ketones (excluding diaryl/α,β-unsaturated/α-hetero) is 1. The first kappa shape index (κ1) is 18.7. The molecule has 4 rings (SSSR count). The highest BCUT2D eigenvalue weighted by Crippen LogP contribution is 2.30. The smallest absolute Gasteiger partial charge is 0.223 e. The van der Waals surface area contributed by atoms with Crippen molar-refractivity contribution in [2.75, 3.05) is 19.0 Å². The zero-order valence-electron chi connectivity index (χ0n) is 15.4. The van der Waals surface area contributed by atoms with Crippen LogP contribution in [0.5, 0.6) is 0 Å². The van der Waals surface area contributed by atoms with Gasteiger partial charge >= 0.3 is 0 Å². The van der Waals surface area contributed by atoms with Crippen molar-refractivity contribution in [3.63, 3.8) is 0 Å². The molecule has 2 aliphatic heterocycles. The van der Waals surface area contributed by atoms with Gasteiger partial charge in [-0.3, -0.25) is 9.59 Å². The third kappa shape index (κ3) is 3.84. The third-order valence-corrected chi connectivity index (χ3v) is 7.10. The molecule has 0 saturated carbocycles. The third-order valence-electron chi connectivity index (χ3n) is 5.84. The predicted octanol–water partition coefficient (Wildman–Crippen LogP) is 1.99. The van der Waals surface area contributed by atoms with E-state index >= 15 is 0 Å². The maximum Gasteiger partial charge on any atom is 0.223 e. The second-order valence-corrected chi connectivity index (χ2v) is 8.68. The molecule has 6 heteroatoms. The first-order chi connectivity index (χ1) is 13.2. The fourth-order valence-corrected chi connectivity index (χ4v) is 5.61. The molecule has 1 unspecified atom stereocenters. The van der Waals surface area contributed by atoms with Gasteiger partial charge in [0.05, 0.1) is 17.9 Å². The van der Waals surface area contributed by atoms with Crippen molar-refractivity contribution in [1.82, 2.24) is 10.2 Å². The van der Waals surface area contributed by atoms with E-state index in [1.54, 1.807) is 16.7 Å². The molecular formula is C21H26N2O3S. The molecule has 144 valence electrons. The summed E-state index contributed by atoms with van der Waals surface area (Å²) in [5.74, 6) is 0.860. The van der Waals surface area contributed by atoms with E-state index in [-0.39, 0.29) is 35.6 Å². The van der Waals surface area contributed by atoms with E-state index in [4.69, 9.17) is 0 Å². The summed E-state index contributed by atoms with van der Waals surface area (Å²) in [6.45, 7) is 0.627.